The molecule has 3 aromatic heterocycles. The molecule has 1 saturated heterocycles. The van der Waals surface area contributed by atoms with Crippen LogP contribution in [-0.2, 0) is 0 Å². The predicted molar refractivity (Wildman–Crippen MR) is 111 cm³/mol. The molecule has 0 spiro atoms. The van der Waals surface area contributed by atoms with E-state index in [0.717, 1.165) is 10.8 Å². The first kappa shape index (κ1) is 19.6. The SMILES string of the molecule is Cc1nc2c(C#N)c(C(F)F)nn2c(N2CC(O)C2)c1-c1nccc2cc(Cl)ccc12. The van der Waals surface area contributed by atoms with Gasteiger partial charge < -0.3 is 10.0 Å². The number of nitriles is 1. The minimum atomic E-state index is -2.92. The van der Waals surface area contributed by atoms with Crippen LogP contribution in [-0.4, -0.2) is 43.9 Å². The first-order valence-corrected chi connectivity index (χ1v) is 9.86. The zero-order chi connectivity index (χ0) is 21.9. The number of nitrogens with zero attached hydrogens (tertiary/aromatic N) is 6. The Kier molecular flexibility index (Phi) is 4.50. The van der Waals surface area contributed by atoms with E-state index in [1.807, 2.05) is 29.2 Å². The Morgan fingerprint density at radius 2 is 2.06 bits per heavy atom. The Bertz CT molecular complexity index is 1390. The van der Waals surface area contributed by atoms with E-state index in [9.17, 15) is 19.1 Å². The molecule has 31 heavy (non-hydrogen) atoms. The number of aromatic nitrogens is 4. The summed E-state index contributed by atoms with van der Waals surface area (Å²) >= 11 is 6.14. The lowest BCUT2D eigenvalue weighted by Gasteiger charge is -2.39. The molecule has 4 heterocycles. The molecular formula is C21H15ClF2N6O. The third-order valence-electron chi connectivity index (χ3n) is 5.39. The second kappa shape index (κ2) is 7.11. The fourth-order valence-electron chi connectivity index (χ4n) is 3.96. The highest BCUT2D eigenvalue weighted by molar-refractivity contribution is 6.31. The topological polar surface area (TPSA) is 90.3 Å². The van der Waals surface area contributed by atoms with Crippen molar-refractivity contribution in [3.63, 3.8) is 0 Å². The molecule has 0 aliphatic carbocycles. The van der Waals surface area contributed by atoms with E-state index >= 15 is 0 Å². The molecule has 5 rings (SSSR count). The molecule has 1 aliphatic heterocycles. The van der Waals surface area contributed by atoms with Crippen LogP contribution >= 0.6 is 11.6 Å². The Morgan fingerprint density at radius 3 is 2.74 bits per heavy atom. The molecule has 156 valence electrons. The number of alkyl halides is 2. The summed E-state index contributed by atoms with van der Waals surface area (Å²) < 4.78 is 28.4. The monoisotopic (exact) mass is 440 g/mol. The van der Waals surface area contributed by atoms with Crippen LogP contribution in [0.3, 0.4) is 0 Å². The fourth-order valence-corrected chi connectivity index (χ4v) is 4.15. The van der Waals surface area contributed by atoms with Crippen molar-refractivity contribution in [3.8, 4) is 17.3 Å². The van der Waals surface area contributed by atoms with Crippen molar-refractivity contribution in [3.05, 3.63) is 52.4 Å². The number of benzene rings is 1. The molecule has 0 bridgehead atoms. The Balaban J connectivity index is 1.89. The van der Waals surface area contributed by atoms with Crippen molar-refractivity contribution in [2.24, 2.45) is 0 Å². The number of halogens is 3. The molecule has 1 fully saturated rings. The number of aliphatic hydroxyl groups excluding tert-OH is 1. The van der Waals surface area contributed by atoms with Gasteiger partial charge in [-0.1, -0.05) is 17.7 Å². The first-order chi connectivity index (χ1) is 14.9. The van der Waals surface area contributed by atoms with Crippen molar-refractivity contribution in [1.29, 1.82) is 5.26 Å². The van der Waals surface area contributed by atoms with Gasteiger partial charge in [-0.05, 0) is 30.5 Å². The summed E-state index contributed by atoms with van der Waals surface area (Å²) in [5, 5.41) is 25.7. The van der Waals surface area contributed by atoms with Gasteiger partial charge in [-0.15, -0.1) is 0 Å². The van der Waals surface area contributed by atoms with Gasteiger partial charge in [0.1, 0.15) is 23.1 Å². The highest BCUT2D eigenvalue weighted by Gasteiger charge is 2.33. The van der Waals surface area contributed by atoms with Gasteiger partial charge >= 0.3 is 0 Å². The zero-order valence-corrected chi connectivity index (χ0v) is 17.0. The van der Waals surface area contributed by atoms with Crippen molar-refractivity contribution in [2.75, 3.05) is 18.0 Å². The van der Waals surface area contributed by atoms with Crippen molar-refractivity contribution < 1.29 is 13.9 Å². The van der Waals surface area contributed by atoms with Crippen LogP contribution in [0.15, 0.2) is 30.5 Å². The number of β-amino-alcohol motifs (C(OH)–C–C–N with tert-alkyl or cyclic N) is 1. The summed E-state index contributed by atoms with van der Waals surface area (Å²) in [5.74, 6) is 0.464. The van der Waals surface area contributed by atoms with Gasteiger partial charge in [0.25, 0.3) is 6.43 Å². The number of hydrogen-bond donors (Lipinski definition) is 1. The molecule has 0 saturated carbocycles. The highest BCUT2D eigenvalue weighted by atomic mass is 35.5. The van der Waals surface area contributed by atoms with Crippen LogP contribution in [0, 0.1) is 18.3 Å². The van der Waals surface area contributed by atoms with Crippen LogP contribution < -0.4 is 4.90 Å². The standard InChI is InChI=1S/C21H15ClF2N6O/c1-10-16(17-14-3-2-12(22)6-11(14)4-5-26-17)21(29-8-13(31)9-29)30-20(27-10)15(7-25)18(28-30)19(23)24/h2-6,13,19,31H,8-9H2,1H3. The number of anilines is 1. The van der Waals surface area contributed by atoms with E-state index in [2.05, 4.69) is 15.1 Å². The lowest BCUT2D eigenvalue weighted by Crippen LogP contribution is -2.52. The summed E-state index contributed by atoms with van der Waals surface area (Å²) in [6.45, 7) is 2.34. The minimum Gasteiger partial charge on any atom is -0.389 e. The van der Waals surface area contributed by atoms with Gasteiger partial charge in [-0.25, -0.2) is 13.8 Å². The van der Waals surface area contributed by atoms with Gasteiger partial charge in [-0.3, -0.25) is 4.98 Å². The quantitative estimate of drug-likeness (QED) is 0.519. The van der Waals surface area contributed by atoms with E-state index in [4.69, 9.17) is 11.6 Å². The Labute approximate surface area is 180 Å². The van der Waals surface area contributed by atoms with Gasteiger partial charge in [0, 0.05) is 29.7 Å². The van der Waals surface area contributed by atoms with Crippen LogP contribution in [0.5, 0.6) is 0 Å². The number of aryl methyl sites for hydroxylation is 1. The molecule has 7 nitrogen and oxygen atoms in total. The van der Waals surface area contributed by atoms with E-state index in [1.165, 1.54) is 4.52 Å². The molecule has 4 aromatic rings. The molecule has 1 aliphatic rings. The van der Waals surface area contributed by atoms with E-state index in [0.29, 0.717) is 40.9 Å². The van der Waals surface area contributed by atoms with Crippen molar-refractivity contribution >= 4 is 33.8 Å². The van der Waals surface area contributed by atoms with E-state index in [1.54, 1.807) is 19.2 Å². The van der Waals surface area contributed by atoms with E-state index < -0.39 is 18.2 Å². The Morgan fingerprint density at radius 1 is 1.29 bits per heavy atom. The number of hydrogen-bond acceptors (Lipinski definition) is 6. The van der Waals surface area contributed by atoms with E-state index in [-0.39, 0.29) is 11.2 Å². The average Bonchev–Trinajstić information content (AvgIpc) is 3.08. The van der Waals surface area contributed by atoms with Crippen molar-refractivity contribution in [2.45, 2.75) is 19.5 Å². The van der Waals surface area contributed by atoms with Gasteiger partial charge in [0.15, 0.2) is 5.65 Å². The maximum atomic E-state index is 13.6. The second-order valence-corrected chi connectivity index (χ2v) is 7.82. The maximum Gasteiger partial charge on any atom is 0.283 e. The summed E-state index contributed by atoms with van der Waals surface area (Å²) in [4.78, 5) is 10.8. The van der Waals surface area contributed by atoms with Crippen LogP contribution in [0.4, 0.5) is 14.6 Å². The van der Waals surface area contributed by atoms with Crippen LogP contribution in [0.2, 0.25) is 5.02 Å². The number of pyridine rings is 1. The summed E-state index contributed by atoms with van der Waals surface area (Å²) in [6, 6.07) is 9.04. The molecule has 1 aromatic carbocycles. The summed E-state index contributed by atoms with van der Waals surface area (Å²) in [6.07, 6.45) is -1.83. The molecular weight excluding hydrogens is 426 g/mol. The maximum absolute atomic E-state index is 13.6. The van der Waals surface area contributed by atoms with Crippen LogP contribution in [0.1, 0.15) is 23.4 Å². The Hall–Kier alpha value is -3.35. The molecule has 0 atom stereocenters. The number of aliphatic hydroxyl groups is 1. The first-order valence-electron chi connectivity index (χ1n) is 9.48. The lowest BCUT2D eigenvalue weighted by molar-refractivity contribution is 0.140. The zero-order valence-electron chi connectivity index (χ0n) is 16.2. The minimum absolute atomic E-state index is 0.0544. The average molecular weight is 441 g/mol. The predicted octanol–water partition coefficient (Wildman–Crippen LogP) is 3.90. The van der Waals surface area contributed by atoms with Gasteiger partial charge in [-0.2, -0.15) is 14.9 Å². The largest absolute Gasteiger partial charge is 0.389 e. The highest BCUT2D eigenvalue weighted by Crippen LogP contribution is 2.39. The third-order valence-corrected chi connectivity index (χ3v) is 5.63. The smallest absolute Gasteiger partial charge is 0.283 e. The molecule has 0 amide bonds. The number of rotatable bonds is 3. The fraction of sp³-hybridized carbons (Fsp3) is 0.238. The normalized spacial score (nSPS) is 14.4. The van der Waals surface area contributed by atoms with Gasteiger partial charge in [0.2, 0.25) is 0 Å². The van der Waals surface area contributed by atoms with Gasteiger partial charge in [0.05, 0.1) is 23.1 Å². The van der Waals surface area contributed by atoms with Crippen LogP contribution in [0.25, 0.3) is 27.7 Å². The molecule has 0 radical (unpaired) electrons. The third kappa shape index (κ3) is 2.99. The molecule has 10 heteroatoms. The summed E-state index contributed by atoms with van der Waals surface area (Å²) in [7, 11) is 0. The lowest BCUT2D eigenvalue weighted by atomic mass is 10.0. The molecule has 0 unspecified atom stereocenters. The summed E-state index contributed by atoms with van der Waals surface area (Å²) in [5.41, 5.74) is 0.871. The van der Waals surface area contributed by atoms with Crippen molar-refractivity contribution in [1.82, 2.24) is 19.6 Å². The number of fused-ring (bicyclic) bond motifs is 2. The second-order valence-electron chi connectivity index (χ2n) is 7.39. The molecule has 1 N–H and O–H groups in total.